The Kier molecular flexibility index (Phi) is 5.89. The Morgan fingerprint density at radius 3 is 2.74 bits per heavy atom. The molecule has 5 nitrogen and oxygen atoms in total. The summed E-state index contributed by atoms with van der Waals surface area (Å²) in [6, 6.07) is 7.89. The van der Waals surface area contributed by atoms with Crippen LogP contribution in [0.5, 0.6) is 0 Å². The van der Waals surface area contributed by atoms with E-state index >= 15 is 0 Å². The fourth-order valence-corrected chi connectivity index (χ4v) is 2.51. The van der Waals surface area contributed by atoms with Crippen LogP contribution in [0, 0.1) is 0 Å². The minimum atomic E-state index is -0.856. The Morgan fingerprint density at radius 1 is 1.35 bits per heavy atom. The van der Waals surface area contributed by atoms with E-state index in [-0.39, 0.29) is 6.04 Å². The van der Waals surface area contributed by atoms with Crippen LogP contribution in [0.15, 0.2) is 39.8 Å². The smallest absolute Gasteiger partial charge is 0.229 e. The highest BCUT2D eigenvalue weighted by Crippen LogP contribution is 2.25. The highest BCUT2D eigenvalue weighted by atomic mass is 79.9. The summed E-state index contributed by atoms with van der Waals surface area (Å²) in [7, 11) is 0. The third-order valence-corrected chi connectivity index (χ3v) is 4.79. The van der Waals surface area contributed by atoms with E-state index in [4.69, 9.17) is 0 Å². The number of aromatic nitrogens is 2. The number of anilines is 3. The first-order valence-electron chi connectivity index (χ1n) is 7.22. The molecule has 23 heavy (non-hydrogen) atoms. The zero-order valence-electron chi connectivity index (χ0n) is 13.6. The molecule has 1 heterocycles. The molecule has 7 heteroatoms. The summed E-state index contributed by atoms with van der Waals surface area (Å²) in [6.07, 6.45) is 3.72. The van der Waals surface area contributed by atoms with E-state index in [1.807, 2.05) is 31.4 Å². The number of benzene rings is 1. The lowest BCUT2D eigenvalue weighted by Crippen LogP contribution is -2.39. The summed E-state index contributed by atoms with van der Waals surface area (Å²) in [5.74, 6) is 1.13. The monoisotopic (exact) mass is 396 g/mol. The number of hydrogen-bond acceptors (Lipinski definition) is 6. The van der Waals surface area contributed by atoms with Crippen LogP contribution in [0.4, 0.5) is 17.5 Å². The van der Waals surface area contributed by atoms with E-state index in [0.717, 1.165) is 10.2 Å². The van der Waals surface area contributed by atoms with Crippen LogP contribution in [0.1, 0.15) is 20.8 Å². The molecule has 0 unspecified atom stereocenters. The number of thioether (sulfide) groups is 1. The normalized spacial score (nSPS) is 12.8. The van der Waals surface area contributed by atoms with Gasteiger partial charge in [-0.3, -0.25) is 0 Å². The predicted molar refractivity (Wildman–Crippen MR) is 101 cm³/mol. The molecule has 0 aliphatic rings. The molecule has 3 N–H and O–H groups in total. The van der Waals surface area contributed by atoms with Gasteiger partial charge in [0.05, 0.1) is 16.1 Å². The number of rotatable bonds is 6. The zero-order valence-corrected chi connectivity index (χ0v) is 16.0. The molecule has 0 radical (unpaired) electrons. The van der Waals surface area contributed by atoms with Crippen molar-refractivity contribution in [2.75, 3.05) is 16.9 Å². The Hall–Kier alpha value is -1.31. The van der Waals surface area contributed by atoms with Gasteiger partial charge in [0.25, 0.3) is 0 Å². The lowest BCUT2D eigenvalue weighted by molar-refractivity contribution is 0.0647. The van der Waals surface area contributed by atoms with Gasteiger partial charge in [0.1, 0.15) is 5.82 Å². The lowest BCUT2D eigenvalue weighted by Gasteiger charge is -2.27. The summed E-state index contributed by atoms with van der Waals surface area (Å²) < 4.78 is 0.747. The van der Waals surface area contributed by atoms with Crippen molar-refractivity contribution >= 4 is 45.1 Å². The molecule has 124 valence electrons. The average Bonchev–Trinajstić information content (AvgIpc) is 2.50. The van der Waals surface area contributed by atoms with Gasteiger partial charge in [-0.2, -0.15) is 4.98 Å². The van der Waals surface area contributed by atoms with Crippen molar-refractivity contribution in [2.45, 2.75) is 37.3 Å². The van der Waals surface area contributed by atoms with Crippen LogP contribution in [-0.4, -0.2) is 33.0 Å². The Balaban J connectivity index is 2.19. The van der Waals surface area contributed by atoms with Gasteiger partial charge in [0, 0.05) is 16.8 Å². The van der Waals surface area contributed by atoms with Crippen molar-refractivity contribution in [3.8, 4) is 0 Å². The fourth-order valence-electron chi connectivity index (χ4n) is 1.74. The summed E-state index contributed by atoms with van der Waals surface area (Å²) >= 11 is 5.12. The molecule has 0 aliphatic carbocycles. The number of hydrogen-bond donors (Lipinski definition) is 3. The Bertz CT molecular complexity index is 675. The van der Waals surface area contributed by atoms with Gasteiger partial charge in [-0.15, -0.1) is 11.8 Å². The third-order valence-electron chi connectivity index (χ3n) is 3.48. The fraction of sp³-hybridized carbons (Fsp3) is 0.375. The van der Waals surface area contributed by atoms with Gasteiger partial charge in [0.2, 0.25) is 5.95 Å². The SMILES string of the molecule is CSc1cccc(Nc2ncc(Br)c(N[C@H](C)C(C)(C)O)n2)c1. The molecule has 1 aromatic heterocycles. The number of aliphatic hydroxyl groups is 1. The molecule has 2 rings (SSSR count). The second kappa shape index (κ2) is 7.51. The predicted octanol–water partition coefficient (Wildman–Crippen LogP) is 4.28. The quantitative estimate of drug-likeness (QED) is 0.633. The van der Waals surface area contributed by atoms with Crippen LogP contribution >= 0.6 is 27.7 Å². The summed E-state index contributed by atoms with van der Waals surface area (Å²) in [5, 5.41) is 16.5. The maximum Gasteiger partial charge on any atom is 0.229 e. The van der Waals surface area contributed by atoms with Crippen molar-refractivity contribution < 1.29 is 5.11 Å². The molecule has 0 spiro atoms. The van der Waals surface area contributed by atoms with E-state index in [0.29, 0.717) is 11.8 Å². The van der Waals surface area contributed by atoms with Gasteiger partial charge in [-0.25, -0.2) is 4.98 Å². The van der Waals surface area contributed by atoms with E-state index in [1.165, 1.54) is 4.90 Å². The van der Waals surface area contributed by atoms with E-state index in [9.17, 15) is 5.11 Å². The number of halogens is 1. The minimum absolute atomic E-state index is 0.165. The van der Waals surface area contributed by atoms with E-state index in [2.05, 4.69) is 42.6 Å². The summed E-state index contributed by atoms with van der Waals surface area (Å²) in [5.41, 5.74) is 0.0747. The first-order valence-corrected chi connectivity index (χ1v) is 9.24. The van der Waals surface area contributed by atoms with Crippen LogP contribution in [0.3, 0.4) is 0 Å². The summed E-state index contributed by atoms with van der Waals surface area (Å²) in [4.78, 5) is 9.93. The Morgan fingerprint density at radius 2 is 2.09 bits per heavy atom. The van der Waals surface area contributed by atoms with Crippen molar-refractivity contribution in [3.63, 3.8) is 0 Å². The summed E-state index contributed by atoms with van der Waals surface area (Å²) in [6.45, 7) is 5.42. The molecule has 0 saturated heterocycles. The standard InChI is InChI=1S/C16H21BrN4OS/c1-10(16(2,3)22)19-14-13(17)9-18-15(21-14)20-11-6-5-7-12(8-11)23-4/h5-10,22H,1-4H3,(H2,18,19,20,21)/t10-/m1/s1. The molecular formula is C16H21BrN4OS. The lowest BCUT2D eigenvalue weighted by atomic mass is 10.0. The van der Waals surface area contributed by atoms with Gasteiger partial charge < -0.3 is 15.7 Å². The zero-order chi connectivity index (χ0) is 17.0. The second-order valence-corrected chi connectivity index (χ2v) is 7.50. The van der Waals surface area contributed by atoms with E-state index in [1.54, 1.807) is 31.8 Å². The molecular weight excluding hydrogens is 376 g/mol. The molecule has 2 aromatic rings. The van der Waals surface area contributed by atoms with Gasteiger partial charge in [-0.1, -0.05) is 6.07 Å². The van der Waals surface area contributed by atoms with E-state index < -0.39 is 5.60 Å². The highest BCUT2D eigenvalue weighted by Gasteiger charge is 2.23. The molecule has 0 amide bonds. The Labute approximate surface area is 149 Å². The van der Waals surface area contributed by atoms with Crippen molar-refractivity contribution in [2.24, 2.45) is 0 Å². The maximum absolute atomic E-state index is 10.1. The first-order chi connectivity index (χ1) is 10.8. The van der Waals surface area contributed by atoms with Gasteiger partial charge >= 0.3 is 0 Å². The number of nitrogens with zero attached hydrogens (tertiary/aromatic N) is 2. The molecule has 1 aromatic carbocycles. The topological polar surface area (TPSA) is 70.1 Å². The minimum Gasteiger partial charge on any atom is -0.388 e. The van der Waals surface area contributed by atoms with Crippen molar-refractivity contribution in [1.82, 2.24) is 9.97 Å². The molecule has 1 atom stereocenters. The van der Waals surface area contributed by atoms with Crippen molar-refractivity contribution in [1.29, 1.82) is 0 Å². The number of nitrogens with one attached hydrogen (secondary N) is 2. The van der Waals surface area contributed by atoms with Gasteiger partial charge in [-0.05, 0) is 61.2 Å². The van der Waals surface area contributed by atoms with Crippen molar-refractivity contribution in [3.05, 3.63) is 34.9 Å². The maximum atomic E-state index is 10.1. The average molecular weight is 397 g/mol. The second-order valence-electron chi connectivity index (χ2n) is 5.77. The van der Waals surface area contributed by atoms with Crippen LogP contribution in [0.25, 0.3) is 0 Å². The molecule has 0 fully saturated rings. The third kappa shape index (κ3) is 5.09. The van der Waals surface area contributed by atoms with Crippen LogP contribution in [-0.2, 0) is 0 Å². The first kappa shape index (κ1) is 18.0. The molecule has 0 saturated carbocycles. The van der Waals surface area contributed by atoms with Gasteiger partial charge in [0.15, 0.2) is 0 Å². The molecule has 0 aliphatic heterocycles. The van der Waals surface area contributed by atoms with Crippen LogP contribution < -0.4 is 10.6 Å². The van der Waals surface area contributed by atoms with Crippen LogP contribution in [0.2, 0.25) is 0 Å². The largest absolute Gasteiger partial charge is 0.388 e. The highest BCUT2D eigenvalue weighted by molar-refractivity contribution is 9.10. The molecule has 0 bridgehead atoms.